The summed E-state index contributed by atoms with van der Waals surface area (Å²) in [6, 6.07) is 19.8. The third-order valence-corrected chi connectivity index (χ3v) is 6.38. The van der Waals surface area contributed by atoms with Crippen molar-refractivity contribution in [1.82, 2.24) is 10.5 Å². The quantitative estimate of drug-likeness (QED) is 0.175. The Balaban J connectivity index is 1.55. The maximum atomic E-state index is 13.7. The minimum Gasteiger partial charge on any atom is -0.508 e. The molecule has 0 radical (unpaired) electrons. The molecule has 0 saturated heterocycles. The van der Waals surface area contributed by atoms with Gasteiger partial charge in [0.1, 0.15) is 29.5 Å². The number of hydrogen-bond donors (Lipinski definition) is 3. The van der Waals surface area contributed by atoms with Gasteiger partial charge in [0, 0.05) is 35.5 Å². The molecule has 0 saturated carbocycles. The first kappa shape index (κ1) is 25.3. The largest absolute Gasteiger partial charge is 0.508 e. The summed E-state index contributed by atoms with van der Waals surface area (Å²) in [4.78, 5) is 13.7. The molecule has 186 valence electrons. The summed E-state index contributed by atoms with van der Waals surface area (Å²) >= 11 is 1.90. The van der Waals surface area contributed by atoms with Gasteiger partial charge in [-0.3, -0.25) is 4.79 Å². The Kier molecular flexibility index (Phi) is 8.65. The molecule has 0 aliphatic rings. The lowest BCUT2D eigenvalue weighted by Crippen LogP contribution is -2.23. The maximum absolute atomic E-state index is 13.7. The molecule has 1 aromatic heterocycles. The molecule has 0 spiro atoms. The Bertz CT molecular complexity index is 1210. The van der Waals surface area contributed by atoms with Crippen LogP contribution in [0.1, 0.15) is 22.8 Å². The second kappa shape index (κ2) is 12.3. The van der Waals surface area contributed by atoms with E-state index in [-0.39, 0.29) is 17.3 Å². The molecular weight excluding hydrogens is 476 g/mol. The summed E-state index contributed by atoms with van der Waals surface area (Å²) in [5, 5.41) is 26.9. The summed E-state index contributed by atoms with van der Waals surface area (Å²) in [7, 11) is 0. The first-order valence-corrected chi connectivity index (χ1v) is 12.9. The Morgan fingerprint density at radius 3 is 2.19 bits per heavy atom. The number of ketones is 1. The molecule has 0 aliphatic carbocycles. The van der Waals surface area contributed by atoms with E-state index in [1.165, 1.54) is 24.3 Å². The molecule has 0 unspecified atom stereocenters. The lowest BCUT2D eigenvalue weighted by atomic mass is 9.95. The summed E-state index contributed by atoms with van der Waals surface area (Å²) in [5.74, 6) is 3.13. The summed E-state index contributed by atoms with van der Waals surface area (Å²) in [6.07, 6.45) is 0. The lowest BCUT2D eigenvalue weighted by Gasteiger charge is -2.09. The van der Waals surface area contributed by atoms with Crippen LogP contribution in [0.3, 0.4) is 0 Å². The second-order valence-corrected chi connectivity index (χ2v) is 9.37. The number of nitrogens with one attached hydrogen (secondary N) is 1. The van der Waals surface area contributed by atoms with Gasteiger partial charge in [0.15, 0.2) is 11.5 Å². The highest BCUT2D eigenvalue weighted by molar-refractivity contribution is 7.99. The lowest BCUT2D eigenvalue weighted by molar-refractivity contribution is 0.103. The van der Waals surface area contributed by atoms with Crippen molar-refractivity contribution in [3.05, 3.63) is 83.9 Å². The van der Waals surface area contributed by atoms with E-state index in [1.807, 2.05) is 11.8 Å². The van der Waals surface area contributed by atoms with Gasteiger partial charge in [0.25, 0.3) is 0 Å². The van der Waals surface area contributed by atoms with Gasteiger partial charge in [-0.1, -0.05) is 12.1 Å². The SMILES string of the molecule is CCSCCNCCOc1ccc(C(=O)c2c(-c3ccc(O)cc3)noc2-c2ccc(O)cc2)cc1. The normalized spacial score (nSPS) is 10.9. The number of aromatic hydroxyl groups is 2. The molecule has 3 N–H and O–H groups in total. The van der Waals surface area contributed by atoms with E-state index in [0.717, 1.165) is 24.6 Å². The number of carbonyl (C=O) groups is 1. The number of rotatable bonds is 12. The van der Waals surface area contributed by atoms with Crippen molar-refractivity contribution in [3.63, 3.8) is 0 Å². The number of thioether (sulfide) groups is 1. The van der Waals surface area contributed by atoms with Gasteiger partial charge in [-0.05, 0) is 78.5 Å². The first-order valence-electron chi connectivity index (χ1n) is 11.7. The predicted molar refractivity (Wildman–Crippen MR) is 142 cm³/mol. The molecule has 3 aromatic carbocycles. The topological polar surface area (TPSA) is 105 Å². The standard InChI is InChI=1S/C28H28N2O5S/c1-2-36-18-16-29-15-17-34-24-13-7-20(8-14-24)27(33)25-26(19-3-9-22(31)10-4-19)30-35-28(25)21-5-11-23(32)12-6-21/h3-14,29,31-32H,2,15-18H2,1H3. The van der Waals surface area contributed by atoms with Crippen LogP contribution in [0.25, 0.3) is 22.6 Å². The third-order valence-electron chi connectivity index (χ3n) is 5.48. The van der Waals surface area contributed by atoms with Gasteiger partial charge in [-0.25, -0.2) is 0 Å². The Hall–Kier alpha value is -3.75. The third kappa shape index (κ3) is 6.27. The fourth-order valence-corrected chi connectivity index (χ4v) is 4.21. The van der Waals surface area contributed by atoms with Gasteiger partial charge in [-0.2, -0.15) is 11.8 Å². The van der Waals surface area contributed by atoms with Crippen molar-refractivity contribution in [3.8, 4) is 39.8 Å². The van der Waals surface area contributed by atoms with Crippen LogP contribution in [-0.4, -0.2) is 52.4 Å². The molecule has 8 heteroatoms. The average Bonchev–Trinajstić information content (AvgIpc) is 3.34. The van der Waals surface area contributed by atoms with Crippen molar-refractivity contribution in [2.45, 2.75) is 6.92 Å². The fourth-order valence-electron chi connectivity index (χ4n) is 3.63. The van der Waals surface area contributed by atoms with Crippen molar-refractivity contribution >= 4 is 17.5 Å². The molecule has 36 heavy (non-hydrogen) atoms. The van der Waals surface area contributed by atoms with Gasteiger partial charge >= 0.3 is 0 Å². The molecule has 4 rings (SSSR count). The zero-order valence-electron chi connectivity index (χ0n) is 19.9. The van der Waals surface area contributed by atoms with E-state index in [4.69, 9.17) is 9.26 Å². The monoisotopic (exact) mass is 504 g/mol. The summed E-state index contributed by atoms with van der Waals surface area (Å²) in [6.45, 7) is 4.37. The molecule has 0 aliphatic heterocycles. The minimum atomic E-state index is -0.260. The highest BCUT2D eigenvalue weighted by Crippen LogP contribution is 2.35. The Labute approximate surface area is 214 Å². The number of phenolic OH excluding ortho intramolecular Hbond substituents is 2. The smallest absolute Gasteiger partial charge is 0.199 e. The van der Waals surface area contributed by atoms with E-state index in [9.17, 15) is 15.0 Å². The highest BCUT2D eigenvalue weighted by Gasteiger charge is 2.26. The zero-order chi connectivity index (χ0) is 25.3. The van der Waals surface area contributed by atoms with Crippen LogP contribution in [0, 0.1) is 0 Å². The van der Waals surface area contributed by atoms with Crippen molar-refractivity contribution in [2.24, 2.45) is 0 Å². The molecule has 0 atom stereocenters. The summed E-state index contributed by atoms with van der Waals surface area (Å²) in [5.41, 5.74) is 2.37. The predicted octanol–water partition coefficient (Wildman–Crippen LogP) is 5.37. The van der Waals surface area contributed by atoms with E-state index in [2.05, 4.69) is 17.4 Å². The molecule has 0 bridgehead atoms. The van der Waals surface area contributed by atoms with Crippen LogP contribution in [0.4, 0.5) is 0 Å². The zero-order valence-corrected chi connectivity index (χ0v) is 20.8. The molecule has 0 amide bonds. The van der Waals surface area contributed by atoms with Gasteiger partial charge < -0.3 is 24.8 Å². The number of phenols is 2. The van der Waals surface area contributed by atoms with E-state index in [1.54, 1.807) is 48.5 Å². The number of hydrogen-bond acceptors (Lipinski definition) is 8. The van der Waals surface area contributed by atoms with Crippen LogP contribution < -0.4 is 10.1 Å². The number of ether oxygens (including phenoxy) is 1. The van der Waals surface area contributed by atoms with E-state index >= 15 is 0 Å². The van der Waals surface area contributed by atoms with Crippen LogP contribution in [-0.2, 0) is 0 Å². The number of benzene rings is 3. The van der Waals surface area contributed by atoms with Gasteiger partial charge in [-0.15, -0.1) is 0 Å². The van der Waals surface area contributed by atoms with E-state index < -0.39 is 0 Å². The maximum Gasteiger partial charge on any atom is 0.199 e. The number of nitrogens with zero attached hydrogens (tertiary/aromatic N) is 1. The fraction of sp³-hybridized carbons (Fsp3) is 0.214. The molecular formula is C28H28N2O5S. The van der Waals surface area contributed by atoms with Crippen LogP contribution in [0.5, 0.6) is 17.2 Å². The molecule has 4 aromatic rings. The first-order chi connectivity index (χ1) is 17.6. The van der Waals surface area contributed by atoms with E-state index in [0.29, 0.717) is 46.1 Å². The molecule has 1 heterocycles. The number of aromatic nitrogens is 1. The van der Waals surface area contributed by atoms with Crippen LogP contribution in [0.2, 0.25) is 0 Å². The number of carbonyl (C=O) groups excluding carboxylic acids is 1. The van der Waals surface area contributed by atoms with Crippen molar-refractivity contribution in [1.29, 1.82) is 0 Å². The highest BCUT2D eigenvalue weighted by atomic mass is 32.2. The Morgan fingerprint density at radius 1 is 0.917 bits per heavy atom. The Morgan fingerprint density at radius 2 is 1.56 bits per heavy atom. The van der Waals surface area contributed by atoms with Gasteiger partial charge in [0.05, 0.1) is 5.56 Å². The van der Waals surface area contributed by atoms with Crippen LogP contribution >= 0.6 is 11.8 Å². The van der Waals surface area contributed by atoms with Crippen LogP contribution in [0.15, 0.2) is 77.3 Å². The molecule has 7 nitrogen and oxygen atoms in total. The summed E-state index contributed by atoms with van der Waals surface area (Å²) < 4.78 is 11.4. The second-order valence-electron chi connectivity index (χ2n) is 7.98. The van der Waals surface area contributed by atoms with Gasteiger partial charge in [0.2, 0.25) is 0 Å². The minimum absolute atomic E-state index is 0.107. The van der Waals surface area contributed by atoms with Crippen molar-refractivity contribution < 1.29 is 24.3 Å². The van der Waals surface area contributed by atoms with Crippen molar-refractivity contribution in [2.75, 3.05) is 31.2 Å². The average molecular weight is 505 g/mol. The molecule has 0 fully saturated rings.